The molecule has 7 nitrogen and oxygen atoms in total. The molecule has 182 valence electrons. The van der Waals surface area contributed by atoms with Gasteiger partial charge < -0.3 is 10.1 Å². The highest BCUT2D eigenvalue weighted by Gasteiger charge is 2.41. The summed E-state index contributed by atoms with van der Waals surface area (Å²) in [7, 11) is 0. The predicted molar refractivity (Wildman–Crippen MR) is 136 cm³/mol. The number of Topliss-reactive ketones (excluding diaryl/α,β-unsaturated/α-hetero) is 1. The molecule has 0 saturated carbocycles. The third-order valence-electron chi connectivity index (χ3n) is 6.42. The molecular formula is C27H28N2O5S. The number of nitro groups is 1. The molecule has 2 aromatic rings. The Labute approximate surface area is 208 Å². The number of esters is 1. The number of thioether (sulfide) groups is 1. The lowest BCUT2D eigenvalue weighted by Crippen LogP contribution is -2.36. The number of nitro benzene ring substituents is 1. The number of carbonyl (C=O) groups is 2. The molecule has 0 unspecified atom stereocenters. The molecule has 35 heavy (non-hydrogen) atoms. The van der Waals surface area contributed by atoms with Crippen molar-refractivity contribution in [1.82, 2.24) is 5.32 Å². The van der Waals surface area contributed by atoms with Crippen molar-refractivity contribution in [3.05, 3.63) is 98.4 Å². The van der Waals surface area contributed by atoms with Crippen LogP contribution in [0.1, 0.15) is 49.7 Å². The van der Waals surface area contributed by atoms with Gasteiger partial charge in [0.05, 0.1) is 10.5 Å². The number of benzene rings is 2. The number of ether oxygens (including phenoxy) is 1. The Morgan fingerprint density at radius 2 is 1.83 bits per heavy atom. The Kier molecular flexibility index (Phi) is 7.70. The molecule has 0 radical (unpaired) electrons. The lowest BCUT2D eigenvalue weighted by Gasteiger charge is -2.36. The highest BCUT2D eigenvalue weighted by atomic mass is 32.2. The van der Waals surface area contributed by atoms with Crippen molar-refractivity contribution in [3.8, 4) is 0 Å². The zero-order chi connectivity index (χ0) is 24.9. The van der Waals surface area contributed by atoms with E-state index in [-0.39, 0.29) is 24.0 Å². The minimum Gasteiger partial charge on any atom is -0.461 e. The molecule has 0 bridgehead atoms. The Balaban J connectivity index is 1.72. The summed E-state index contributed by atoms with van der Waals surface area (Å²) in [6, 6.07) is 16.0. The molecule has 0 spiro atoms. The molecule has 2 atom stereocenters. The van der Waals surface area contributed by atoms with Crippen molar-refractivity contribution in [1.29, 1.82) is 0 Å². The molecule has 4 rings (SSSR count). The van der Waals surface area contributed by atoms with Crippen molar-refractivity contribution in [2.24, 2.45) is 0 Å². The monoisotopic (exact) mass is 492 g/mol. The summed E-state index contributed by atoms with van der Waals surface area (Å²) in [6.07, 6.45) is 0.976. The minimum absolute atomic E-state index is 0.0321. The standard InChI is InChI=1S/C27H28N2O5S/c1-3-35-14-13-34-27(31)24-17(2)28-22-15-20(18-7-5-4-6-8-18)16-23(30)26(22)25(24)19-9-11-21(12-10-19)29(32)33/h4-12,20,25,28H,3,13-16H2,1-2H3/t20-,25-/m1/s1. The first-order valence-electron chi connectivity index (χ1n) is 11.7. The van der Waals surface area contributed by atoms with Crippen LogP contribution in [0.25, 0.3) is 0 Å². The molecule has 0 aromatic heterocycles. The van der Waals surface area contributed by atoms with Gasteiger partial charge in [0.15, 0.2) is 5.78 Å². The maximum atomic E-state index is 13.6. The van der Waals surface area contributed by atoms with Crippen LogP contribution in [0.2, 0.25) is 0 Å². The second-order valence-electron chi connectivity index (χ2n) is 8.61. The summed E-state index contributed by atoms with van der Waals surface area (Å²) >= 11 is 1.68. The van der Waals surface area contributed by atoms with Gasteiger partial charge in [-0.1, -0.05) is 49.4 Å². The SMILES string of the molecule is CCSCCOC(=O)C1=C(C)NC2=C(C(=O)C[C@H](c3ccccc3)C2)[C@@H]1c1ccc([N+](=O)[O-])cc1. The van der Waals surface area contributed by atoms with Crippen LogP contribution in [0.3, 0.4) is 0 Å². The number of carbonyl (C=O) groups excluding carboxylic acids is 2. The Hall–Kier alpha value is -3.39. The number of ketones is 1. The first kappa shape index (κ1) is 24.7. The molecule has 1 heterocycles. The average molecular weight is 493 g/mol. The van der Waals surface area contributed by atoms with Gasteiger partial charge in [-0.15, -0.1) is 0 Å². The van der Waals surface area contributed by atoms with Gasteiger partial charge in [0.25, 0.3) is 5.69 Å². The molecule has 8 heteroatoms. The second kappa shape index (κ2) is 10.9. The third-order valence-corrected chi connectivity index (χ3v) is 7.28. The van der Waals surface area contributed by atoms with Gasteiger partial charge in [-0.3, -0.25) is 14.9 Å². The summed E-state index contributed by atoms with van der Waals surface area (Å²) in [4.78, 5) is 37.5. The van der Waals surface area contributed by atoms with Crippen LogP contribution in [0.5, 0.6) is 0 Å². The molecule has 1 aliphatic carbocycles. The number of dihydropyridines is 1. The number of hydrogen-bond donors (Lipinski definition) is 1. The quantitative estimate of drug-likeness (QED) is 0.232. The van der Waals surface area contributed by atoms with Crippen LogP contribution >= 0.6 is 11.8 Å². The van der Waals surface area contributed by atoms with E-state index in [9.17, 15) is 19.7 Å². The lowest BCUT2D eigenvalue weighted by atomic mass is 9.71. The van der Waals surface area contributed by atoms with Crippen molar-refractivity contribution >= 4 is 29.2 Å². The maximum Gasteiger partial charge on any atom is 0.336 e. The zero-order valence-electron chi connectivity index (χ0n) is 19.8. The Morgan fingerprint density at radius 3 is 2.49 bits per heavy atom. The molecule has 0 fully saturated rings. The summed E-state index contributed by atoms with van der Waals surface area (Å²) in [5, 5.41) is 14.5. The van der Waals surface area contributed by atoms with Gasteiger partial charge in [-0.05, 0) is 36.1 Å². The molecule has 0 amide bonds. The minimum atomic E-state index is -0.636. The smallest absolute Gasteiger partial charge is 0.336 e. The molecule has 1 N–H and O–H groups in total. The van der Waals surface area contributed by atoms with Gasteiger partial charge in [-0.25, -0.2) is 4.79 Å². The average Bonchev–Trinajstić information content (AvgIpc) is 2.86. The van der Waals surface area contributed by atoms with Crippen LogP contribution in [0.4, 0.5) is 5.69 Å². The molecule has 2 aliphatic rings. The van der Waals surface area contributed by atoms with E-state index in [0.29, 0.717) is 41.0 Å². The van der Waals surface area contributed by atoms with Crippen molar-refractivity contribution in [3.63, 3.8) is 0 Å². The summed E-state index contributed by atoms with van der Waals surface area (Å²) < 4.78 is 5.57. The first-order valence-corrected chi connectivity index (χ1v) is 12.8. The fraction of sp³-hybridized carbons (Fsp3) is 0.333. The number of nitrogens with zero attached hydrogens (tertiary/aromatic N) is 1. The number of nitrogens with one attached hydrogen (secondary N) is 1. The van der Waals surface area contributed by atoms with E-state index in [4.69, 9.17) is 4.74 Å². The molecule has 1 aliphatic heterocycles. The van der Waals surface area contributed by atoms with E-state index < -0.39 is 16.8 Å². The number of allylic oxidation sites excluding steroid dienone is 3. The van der Waals surface area contributed by atoms with Gasteiger partial charge in [-0.2, -0.15) is 11.8 Å². The van der Waals surface area contributed by atoms with E-state index >= 15 is 0 Å². The molecule has 2 aromatic carbocycles. The molecule has 0 saturated heterocycles. The fourth-order valence-electron chi connectivity index (χ4n) is 4.81. The maximum absolute atomic E-state index is 13.6. The van der Waals surface area contributed by atoms with E-state index in [1.807, 2.05) is 44.2 Å². The van der Waals surface area contributed by atoms with Crippen LogP contribution in [-0.4, -0.2) is 34.8 Å². The van der Waals surface area contributed by atoms with Crippen LogP contribution in [0.15, 0.2) is 77.1 Å². The van der Waals surface area contributed by atoms with Crippen LogP contribution < -0.4 is 5.32 Å². The first-order chi connectivity index (χ1) is 16.9. The van der Waals surface area contributed by atoms with Crippen LogP contribution in [0, 0.1) is 10.1 Å². The predicted octanol–water partition coefficient (Wildman–Crippen LogP) is 5.25. The van der Waals surface area contributed by atoms with E-state index in [1.165, 1.54) is 12.1 Å². The Bertz CT molecular complexity index is 1190. The number of non-ortho nitro benzene ring substituents is 1. The second-order valence-corrected chi connectivity index (χ2v) is 10.0. The van der Waals surface area contributed by atoms with Crippen LogP contribution in [-0.2, 0) is 14.3 Å². The largest absolute Gasteiger partial charge is 0.461 e. The topological polar surface area (TPSA) is 98.5 Å². The highest BCUT2D eigenvalue weighted by Crippen LogP contribution is 2.45. The third kappa shape index (κ3) is 5.32. The number of hydrogen-bond acceptors (Lipinski definition) is 7. The van der Waals surface area contributed by atoms with E-state index in [0.717, 1.165) is 17.0 Å². The summed E-state index contributed by atoms with van der Waals surface area (Å²) in [6.45, 7) is 4.13. The normalized spacial score (nSPS) is 19.8. The van der Waals surface area contributed by atoms with Crippen molar-refractivity contribution in [2.45, 2.75) is 38.5 Å². The van der Waals surface area contributed by atoms with Crippen molar-refractivity contribution < 1.29 is 19.2 Å². The number of rotatable bonds is 8. The fourth-order valence-corrected chi connectivity index (χ4v) is 5.30. The van der Waals surface area contributed by atoms with Crippen molar-refractivity contribution in [2.75, 3.05) is 18.1 Å². The summed E-state index contributed by atoms with van der Waals surface area (Å²) in [5.41, 5.74) is 4.08. The van der Waals surface area contributed by atoms with Gasteiger partial charge in [0, 0.05) is 47.2 Å². The lowest BCUT2D eigenvalue weighted by molar-refractivity contribution is -0.384. The highest BCUT2D eigenvalue weighted by molar-refractivity contribution is 7.99. The molecular weight excluding hydrogens is 464 g/mol. The summed E-state index contributed by atoms with van der Waals surface area (Å²) in [5.74, 6) is 0.521. The van der Waals surface area contributed by atoms with E-state index in [2.05, 4.69) is 5.32 Å². The zero-order valence-corrected chi connectivity index (χ0v) is 20.6. The van der Waals surface area contributed by atoms with E-state index in [1.54, 1.807) is 23.9 Å². The van der Waals surface area contributed by atoms with Gasteiger partial charge in [0.1, 0.15) is 6.61 Å². The van der Waals surface area contributed by atoms with Gasteiger partial charge in [0.2, 0.25) is 0 Å². The Morgan fingerprint density at radius 1 is 1.11 bits per heavy atom. The van der Waals surface area contributed by atoms with Gasteiger partial charge >= 0.3 is 5.97 Å².